The van der Waals surface area contributed by atoms with Crippen molar-refractivity contribution in [2.45, 2.75) is 50.6 Å². The molecule has 0 spiro atoms. The highest BCUT2D eigenvalue weighted by Gasteiger charge is 2.45. The number of primary amides is 1. The summed E-state index contributed by atoms with van der Waals surface area (Å²) in [6.07, 6.45) is 4.67. The largest absolute Gasteiger partial charge is 0.384 e. The van der Waals surface area contributed by atoms with Gasteiger partial charge in [-0.15, -0.1) is 0 Å². The Balaban J connectivity index is 0.00000240. The van der Waals surface area contributed by atoms with Crippen LogP contribution in [0, 0.1) is 0 Å². The number of rotatable bonds is 13. The molecule has 300 valence electrons. The van der Waals surface area contributed by atoms with Gasteiger partial charge in [-0.05, 0) is 68.5 Å². The van der Waals surface area contributed by atoms with Gasteiger partial charge in [0.25, 0.3) is 23.6 Å². The topological polar surface area (TPSA) is 232 Å². The van der Waals surface area contributed by atoms with Crippen molar-refractivity contribution in [3.8, 4) is 0 Å². The summed E-state index contributed by atoms with van der Waals surface area (Å²) < 4.78 is 0. The zero-order valence-corrected chi connectivity index (χ0v) is 30.9. The van der Waals surface area contributed by atoms with Crippen LogP contribution >= 0.6 is 0 Å². The number of urea groups is 1. The fraction of sp³-hybridized carbons (Fsp3) is 0.395. The molecule has 18 nitrogen and oxygen atoms in total. The van der Waals surface area contributed by atoms with Crippen molar-refractivity contribution < 1.29 is 39.3 Å². The van der Waals surface area contributed by atoms with Gasteiger partial charge in [0, 0.05) is 75.4 Å². The number of amides is 8. The zero-order valence-electron chi connectivity index (χ0n) is 30.9. The first-order valence-corrected chi connectivity index (χ1v) is 18.7. The monoisotopic (exact) mass is 773 g/mol. The summed E-state index contributed by atoms with van der Waals surface area (Å²) in [5.41, 5.74) is 7.45. The van der Waals surface area contributed by atoms with Crippen LogP contribution in [0.25, 0.3) is 0 Å². The average Bonchev–Trinajstić information content (AvgIpc) is 3.66. The molecule has 18 heteroatoms. The van der Waals surface area contributed by atoms with E-state index in [4.69, 9.17) is 10.7 Å². The molecule has 0 saturated carbocycles. The lowest BCUT2D eigenvalue weighted by Crippen LogP contribution is -2.54. The normalized spacial score (nSPS) is 19.6. The third-order valence-corrected chi connectivity index (χ3v) is 10.5. The summed E-state index contributed by atoms with van der Waals surface area (Å²) in [7, 11) is 1.80. The second-order valence-corrected chi connectivity index (χ2v) is 14.2. The maximum atomic E-state index is 13.3. The van der Waals surface area contributed by atoms with Crippen molar-refractivity contribution in [2.24, 2.45) is 5.73 Å². The number of hydrogen-bond acceptors (Lipinski definition) is 12. The van der Waals surface area contributed by atoms with Crippen LogP contribution in [0.1, 0.15) is 85.8 Å². The summed E-state index contributed by atoms with van der Waals surface area (Å²) in [5, 5.41) is 11.4. The van der Waals surface area contributed by atoms with Gasteiger partial charge in [-0.3, -0.25) is 39.0 Å². The van der Waals surface area contributed by atoms with E-state index in [9.17, 15) is 33.6 Å². The van der Waals surface area contributed by atoms with Crippen molar-refractivity contribution in [3.63, 3.8) is 0 Å². The van der Waals surface area contributed by atoms with Crippen LogP contribution in [0.2, 0.25) is 0 Å². The molecule has 2 atom stereocenters. The summed E-state index contributed by atoms with van der Waals surface area (Å²) in [5.74, 6) is -2.52. The van der Waals surface area contributed by atoms with Crippen molar-refractivity contribution in [3.05, 3.63) is 71.0 Å². The third-order valence-electron chi connectivity index (χ3n) is 10.5. The Kier molecular flexibility index (Phi) is 10.8. The quantitative estimate of drug-likeness (QED) is 0.125. The van der Waals surface area contributed by atoms with Gasteiger partial charge in [0.1, 0.15) is 11.9 Å². The highest BCUT2D eigenvalue weighted by atomic mass is 16.2. The number of piperidine rings is 2. The van der Waals surface area contributed by atoms with Crippen molar-refractivity contribution >= 4 is 64.5 Å². The minimum atomic E-state index is -1.04. The van der Waals surface area contributed by atoms with E-state index in [0.29, 0.717) is 68.3 Å². The van der Waals surface area contributed by atoms with E-state index in [0.717, 1.165) is 24.3 Å². The molecule has 8 amide bonds. The predicted molar refractivity (Wildman–Crippen MR) is 212 cm³/mol. The van der Waals surface area contributed by atoms with Gasteiger partial charge in [-0.25, -0.2) is 14.8 Å². The Bertz CT molecular complexity index is 2110. The molecular weight excluding hydrogens is 722 g/mol. The number of fused-ring (bicyclic) bond motifs is 1. The van der Waals surface area contributed by atoms with Gasteiger partial charge in [0.2, 0.25) is 11.8 Å². The number of nitrogens with one attached hydrogen (secondary N) is 4. The van der Waals surface area contributed by atoms with Crippen LogP contribution in [0.4, 0.5) is 27.8 Å². The number of unbranched alkanes of at least 4 members (excludes halogenated alkanes) is 1. The smallest absolute Gasteiger partial charge is 0.320 e. The first-order chi connectivity index (χ1) is 27.0. The van der Waals surface area contributed by atoms with Gasteiger partial charge in [-0.1, -0.05) is 6.07 Å². The van der Waals surface area contributed by atoms with Gasteiger partial charge >= 0.3 is 6.03 Å². The maximum absolute atomic E-state index is 13.3. The Morgan fingerprint density at radius 1 is 0.964 bits per heavy atom. The molecule has 6 N–H and O–H groups in total. The summed E-state index contributed by atoms with van der Waals surface area (Å²) in [6.45, 7) is 3.54. The lowest BCUT2D eigenvalue weighted by molar-refractivity contribution is -0.136. The molecule has 3 aromatic rings. The Labute approximate surface area is 328 Å². The van der Waals surface area contributed by atoms with E-state index < -0.39 is 35.6 Å². The first kappa shape index (κ1) is 37.7. The van der Waals surface area contributed by atoms with E-state index in [1.807, 2.05) is 4.90 Å². The number of anilines is 4. The SMILES string of the molecule is CN1CCN([C@@H]2CCCN(c3cnc(C(N)=O)c(Nc4ccc(C(=O)NCCCCNc5cccc6c5C(=O)N(C5CCC(=O)NC5=O)C6=O)cc4)n3)C2)C1=O.[HH].[HH].[HH].[HH]. The number of aromatic nitrogens is 2. The number of nitrogens with zero attached hydrogens (tertiary/aromatic N) is 6. The van der Waals surface area contributed by atoms with Gasteiger partial charge < -0.3 is 36.4 Å². The maximum Gasteiger partial charge on any atom is 0.320 e. The highest BCUT2D eigenvalue weighted by molar-refractivity contribution is 6.25. The molecule has 0 bridgehead atoms. The number of hydrogen-bond donors (Lipinski definition) is 5. The zero-order chi connectivity index (χ0) is 39.5. The van der Waals surface area contributed by atoms with Crippen molar-refractivity contribution in [2.75, 3.05) is 61.8 Å². The Morgan fingerprint density at radius 2 is 1.75 bits per heavy atom. The number of nitrogens with two attached hydrogens (primary N) is 1. The minimum absolute atomic E-state index is 0. The number of benzene rings is 2. The molecule has 2 aromatic carbocycles. The van der Waals surface area contributed by atoms with Crippen LogP contribution in [0.3, 0.4) is 0 Å². The van der Waals surface area contributed by atoms with Crippen molar-refractivity contribution in [1.29, 1.82) is 0 Å². The summed E-state index contributed by atoms with van der Waals surface area (Å²) >= 11 is 0. The number of likely N-dealkylation sites (N-methyl/N-ethyl adjacent to an activating group) is 1. The highest BCUT2D eigenvalue weighted by Crippen LogP contribution is 2.32. The minimum Gasteiger partial charge on any atom is -0.384 e. The van der Waals surface area contributed by atoms with E-state index in [2.05, 4.69) is 31.2 Å². The summed E-state index contributed by atoms with van der Waals surface area (Å²) in [4.78, 5) is 104. The summed E-state index contributed by atoms with van der Waals surface area (Å²) in [6, 6.07) is 10.6. The molecule has 56 heavy (non-hydrogen) atoms. The molecular formula is C38H51N11O7. The van der Waals surface area contributed by atoms with E-state index in [1.54, 1.807) is 54.4 Å². The van der Waals surface area contributed by atoms with Crippen LogP contribution in [-0.4, -0.2) is 125 Å². The molecule has 0 radical (unpaired) electrons. The van der Waals surface area contributed by atoms with Crippen LogP contribution in [0.5, 0.6) is 0 Å². The molecule has 5 heterocycles. The first-order valence-electron chi connectivity index (χ1n) is 18.7. The van der Waals surface area contributed by atoms with E-state index in [1.165, 1.54) is 6.20 Å². The van der Waals surface area contributed by atoms with Gasteiger partial charge in [0.15, 0.2) is 11.5 Å². The molecule has 1 unspecified atom stereocenters. The van der Waals surface area contributed by atoms with E-state index in [-0.39, 0.29) is 59.2 Å². The van der Waals surface area contributed by atoms with Crippen molar-refractivity contribution in [1.82, 2.24) is 35.3 Å². The molecule has 4 aliphatic heterocycles. The molecule has 1 aromatic heterocycles. The molecule has 7 rings (SSSR count). The average molecular weight is 774 g/mol. The van der Waals surface area contributed by atoms with Crippen LogP contribution < -0.4 is 31.9 Å². The number of carbonyl (C=O) groups is 7. The predicted octanol–water partition coefficient (Wildman–Crippen LogP) is 2.66. The lowest BCUT2D eigenvalue weighted by Gasteiger charge is -2.37. The fourth-order valence-electron chi connectivity index (χ4n) is 7.50. The van der Waals surface area contributed by atoms with E-state index >= 15 is 0 Å². The third kappa shape index (κ3) is 7.67. The second-order valence-electron chi connectivity index (χ2n) is 14.2. The Morgan fingerprint density at radius 3 is 2.48 bits per heavy atom. The number of imide groups is 2. The standard InChI is InChI=1S/C38H43N11O7.4H2/c1-46-18-19-48(38(46)56)24-6-5-17-47(21-24)28-20-42-31(32(39)51)33(44-28)43-23-11-9-22(10-12-23)34(52)41-16-3-2-15-40-26-8-4-7-25-30(26)37(55)49(36(25)54)27-13-14-29(50)45-35(27)53;;;;/h4,7-12,20,24,27,40H,2-3,5-6,13-19,21H2,1H3,(H2,39,51)(H,41,52)(H,43,44)(H,45,50,53);4*1H/t24-,27?;;;;/m1..../s1. The van der Waals surface area contributed by atoms with Crippen LogP contribution in [-0.2, 0) is 9.59 Å². The molecule has 4 aliphatic rings. The van der Waals surface area contributed by atoms with Crippen LogP contribution in [0.15, 0.2) is 48.7 Å². The molecule has 0 aliphatic carbocycles. The van der Waals surface area contributed by atoms with Gasteiger partial charge in [-0.2, -0.15) is 0 Å². The number of carbonyl (C=O) groups excluding carboxylic acids is 7. The Hall–Kier alpha value is -6.59. The molecule has 3 saturated heterocycles. The lowest BCUT2D eigenvalue weighted by atomic mass is 10.0. The molecule has 3 fully saturated rings. The fourth-order valence-corrected chi connectivity index (χ4v) is 7.50. The second kappa shape index (κ2) is 16.0. The van der Waals surface area contributed by atoms with Gasteiger partial charge in [0.05, 0.1) is 23.4 Å².